The summed E-state index contributed by atoms with van der Waals surface area (Å²) in [5.74, 6) is -1.61. The van der Waals surface area contributed by atoms with Crippen molar-refractivity contribution in [3.05, 3.63) is 30.1 Å². The number of hydrogen-bond donors (Lipinski definition) is 2. The highest BCUT2D eigenvalue weighted by molar-refractivity contribution is 6.21. The molecule has 0 bridgehead atoms. The van der Waals surface area contributed by atoms with E-state index in [9.17, 15) is 14.4 Å². The zero-order chi connectivity index (χ0) is 16.0. The number of halogens is 1. The van der Waals surface area contributed by atoms with Crippen molar-refractivity contribution >= 4 is 29.5 Å². The van der Waals surface area contributed by atoms with Gasteiger partial charge in [0.15, 0.2) is 0 Å². The van der Waals surface area contributed by atoms with E-state index >= 15 is 0 Å². The summed E-state index contributed by atoms with van der Waals surface area (Å²) in [6.45, 7) is 0.0833. The minimum absolute atomic E-state index is 0.0833. The molecule has 1 rings (SSSR count). The molecule has 0 aliphatic carbocycles. The number of urea groups is 1. The predicted molar refractivity (Wildman–Crippen MR) is 76.0 cm³/mol. The average molecular weight is 315 g/mol. The molecule has 114 valence electrons. The van der Waals surface area contributed by atoms with Gasteiger partial charge >= 0.3 is 12.0 Å². The summed E-state index contributed by atoms with van der Waals surface area (Å²) in [7, 11) is 3.09. The number of aromatic nitrogens is 1. The number of nitrogens with zero attached hydrogens (tertiary/aromatic N) is 2. The topological polar surface area (TPSA) is 96.4 Å². The molecule has 7 nitrogen and oxygen atoms in total. The van der Waals surface area contributed by atoms with Crippen LogP contribution in [-0.4, -0.2) is 58.5 Å². The quantitative estimate of drug-likeness (QED) is 0.626. The number of rotatable bonds is 5. The maximum absolute atomic E-state index is 12.1. The molecular formula is C13H17ClN3O4+. The summed E-state index contributed by atoms with van der Waals surface area (Å²) in [6, 6.07) is 2.55. The Labute approximate surface area is 127 Å². The molecule has 1 aromatic rings. The second-order valence-corrected chi connectivity index (χ2v) is 5.68. The highest BCUT2D eigenvalue weighted by atomic mass is 35.5. The number of hydrogen-bond acceptors (Lipinski definition) is 4. The third kappa shape index (κ3) is 5.49. The number of carbonyl (C=O) groups is 3. The standard InChI is InChI=1S/C13H16ClN3O4/c1-17(2,8-10(14)6-11(18)19)13(21)16-12(20)9-4-3-5-15-7-9/h3-5,7,10H,6,8H2,1-2H3,(H-,16,18,19,20,21)/p+1. The Bertz CT molecular complexity index is 533. The highest BCUT2D eigenvalue weighted by Crippen LogP contribution is 2.10. The first-order valence-electron chi connectivity index (χ1n) is 6.17. The van der Waals surface area contributed by atoms with Crippen LogP contribution in [-0.2, 0) is 4.79 Å². The van der Waals surface area contributed by atoms with Crippen molar-refractivity contribution in [1.29, 1.82) is 0 Å². The zero-order valence-electron chi connectivity index (χ0n) is 11.7. The molecule has 0 saturated heterocycles. The molecule has 0 aliphatic heterocycles. The van der Waals surface area contributed by atoms with E-state index in [1.54, 1.807) is 20.2 Å². The van der Waals surface area contributed by atoms with Crippen molar-refractivity contribution < 1.29 is 24.0 Å². The number of nitrogens with one attached hydrogen (secondary N) is 1. The van der Waals surface area contributed by atoms with Gasteiger partial charge in [-0.2, -0.15) is 0 Å². The smallest absolute Gasteiger partial charge is 0.423 e. The monoisotopic (exact) mass is 314 g/mol. The van der Waals surface area contributed by atoms with Crippen molar-refractivity contribution in [3.8, 4) is 0 Å². The number of imide groups is 1. The Balaban J connectivity index is 2.64. The molecule has 0 saturated carbocycles. The molecule has 8 heteroatoms. The lowest BCUT2D eigenvalue weighted by Gasteiger charge is -2.27. The predicted octanol–water partition coefficient (Wildman–Crippen LogP) is 1.09. The van der Waals surface area contributed by atoms with Gasteiger partial charge in [0, 0.05) is 12.4 Å². The van der Waals surface area contributed by atoms with Crippen LogP contribution in [0.15, 0.2) is 24.5 Å². The zero-order valence-corrected chi connectivity index (χ0v) is 12.5. The lowest BCUT2D eigenvalue weighted by molar-refractivity contribution is -0.808. The Kier molecular flexibility index (Phi) is 5.80. The molecular weight excluding hydrogens is 298 g/mol. The second kappa shape index (κ2) is 7.14. The Hall–Kier alpha value is -1.99. The maximum Gasteiger partial charge on any atom is 0.423 e. The summed E-state index contributed by atoms with van der Waals surface area (Å²) in [5.41, 5.74) is 0.263. The Morgan fingerprint density at radius 1 is 1.43 bits per heavy atom. The molecule has 0 radical (unpaired) electrons. The Morgan fingerprint density at radius 2 is 2.10 bits per heavy atom. The first kappa shape index (κ1) is 17.1. The van der Waals surface area contributed by atoms with E-state index in [4.69, 9.17) is 16.7 Å². The maximum atomic E-state index is 12.1. The summed E-state index contributed by atoms with van der Waals surface area (Å²) >= 11 is 5.89. The lowest BCUT2D eigenvalue weighted by Crippen LogP contribution is -2.55. The van der Waals surface area contributed by atoms with Gasteiger partial charge in [0.05, 0.1) is 31.5 Å². The summed E-state index contributed by atoms with van der Waals surface area (Å²) in [6.07, 6.45) is 2.60. The first-order chi connectivity index (χ1) is 9.72. The lowest BCUT2D eigenvalue weighted by atomic mass is 10.2. The second-order valence-electron chi connectivity index (χ2n) is 5.06. The molecule has 1 unspecified atom stereocenters. The van der Waals surface area contributed by atoms with Gasteiger partial charge in [-0.1, -0.05) is 0 Å². The fourth-order valence-corrected chi connectivity index (χ4v) is 2.13. The third-order valence-electron chi connectivity index (χ3n) is 2.74. The number of pyridine rings is 1. The van der Waals surface area contributed by atoms with Gasteiger partial charge in [-0.05, 0) is 12.1 Å². The minimum Gasteiger partial charge on any atom is -0.481 e. The molecule has 0 aliphatic rings. The van der Waals surface area contributed by atoms with Crippen LogP contribution in [0.3, 0.4) is 0 Å². The van der Waals surface area contributed by atoms with Gasteiger partial charge in [-0.25, -0.2) is 14.6 Å². The Morgan fingerprint density at radius 3 is 2.62 bits per heavy atom. The molecule has 1 heterocycles. The van der Waals surface area contributed by atoms with E-state index in [-0.39, 0.29) is 23.0 Å². The van der Waals surface area contributed by atoms with E-state index in [0.29, 0.717) is 0 Å². The van der Waals surface area contributed by atoms with Crippen molar-refractivity contribution in [2.24, 2.45) is 0 Å². The van der Waals surface area contributed by atoms with Crippen molar-refractivity contribution in [3.63, 3.8) is 0 Å². The van der Waals surface area contributed by atoms with E-state index in [1.165, 1.54) is 18.5 Å². The van der Waals surface area contributed by atoms with Crippen LogP contribution in [0.2, 0.25) is 0 Å². The van der Waals surface area contributed by atoms with Crippen LogP contribution in [0.5, 0.6) is 0 Å². The van der Waals surface area contributed by atoms with Crippen LogP contribution in [0, 0.1) is 0 Å². The SMILES string of the molecule is C[N+](C)(CC(Cl)CC(=O)O)C(=O)NC(=O)c1cccnc1. The van der Waals surface area contributed by atoms with Gasteiger partial charge < -0.3 is 5.11 Å². The molecule has 1 atom stereocenters. The van der Waals surface area contributed by atoms with Gasteiger partial charge in [-0.3, -0.25) is 14.6 Å². The van der Waals surface area contributed by atoms with E-state index in [2.05, 4.69) is 10.3 Å². The van der Waals surface area contributed by atoms with Crippen molar-refractivity contribution in [2.45, 2.75) is 11.8 Å². The molecule has 21 heavy (non-hydrogen) atoms. The van der Waals surface area contributed by atoms with Gasteiger partial charge in [0.1, 0.15) is 6.54 Å². The van der Waals surface area contributed by atoms with E-state index in [1.807, 2.05) is 0 Å². The van der Waals surface area contributed by atoms with Crippen molar-refractivity contribution in [1.82, 2.24) is 10.3 Å². The molecule has 3 amide bonds. The van der Waals surface area contributed by atoms with Gasteiger partial charge in [0.25, 0.3) is 5.91 Å². The number of quaternary nitrogens is 1. The van der Waals surface area contributed by atoms with Gasteiger partial charge in [-0.15, -0.1) is 11.6 Å². The molecule has 0 aromatic carbocycles. The number of carboxylic acid groups (broad SMARTS) is 1. The van der Waals surface area contributed by atoms with Crippen LogP contribution >= 0.6 is 11.6 Å². The molecule has 0 fully saturated rings. The fraction of sp³-hybridized carbons (Fsp3) is 0.385. The highest BCUT2D eigenvalue weighted by Gasteiger charge is 2.32. The van der Waals surface area contributed by atoms with Crippen molar-refractivity contribution in [2.75, 3.05) is 20.6 Å². The summed E-state index contributed by atoms with van der Waals surface area (Å²) in [4.78, 5) is 38.3. The number of aliphatic carboxylic acids is 1. The summed E-state index contributed by atoms with van der Waals surface area (Å²) < 4.78 is -0.256. The molecule has 1 aromatic heterocycles. The van der Waals surface area contributed by atoms with Crippen LogP contribution in [0.25, 0.3) is 0 Å². The number of carboxylic acids is 1. The normalized spacial score (nSPS) is 12.5. The number of amides is 3. The minimum atomic E-state index is -1.04. The fourth-order valence-electron chi connectivity index (χ4n) is 1.65. The largest absolute Gasteiger partial charge is 0.481 e. The average Bonchev–Trinajstić information content (AvgIpc) is 2.37. The van der Waals surface area contributed by atoms with Crippen LogP contribution in [0.1, 0.15) is 16.8 Å². The van der Waals surface area contributed by atoms with E-state index < -0.39 is 23.3 Å². The summed E-state index contributed by atoms with van der Waals surface area (Å²) in [5, 5.41) is 10.2. The van der Waals surface area contributed by atoms with E-state index in [0.717, 1.165) is 0 Å². The van der Waals surface area contributed by atoms with Gasteiger partial charge in [0.2, 0.25) is 0 Å². The third-order valence-corrected chi connectivity index (χ3v) is 3.04. The van der Waals surface area contributed by atoms with Crippen LogP contribution < -0.4 is 5.32 Å². The number of carbonyl (C=O) groups excluding carboxylic acids is 2. The molecule has 0 spiro atoms. The molecule has 2 N–H and O–H groups in total. The number of alkyl halides is 1. The first-order valence-corrected chi connectivity index (χ1v) is 6.61. The van der Waals surface area contributed by atoms with Crippen LogP contribution in [0.4, 0.5) is 4.79 Å².